The number of carbonyl (C=O) groups is 1. The van der Waals surface area contributed by atoms with Crippen molar-refractivity contribution >= 4 is 5.78 Å². The fraction of sp³-hybridized carbons (Fsp3) is 0.529. The summed E-state index contributed by atoms with van der Waals surface area (Å²) in [5, 5.41) is 9.03. The van der Waals surface area contributed by atoms with Crippen LogP contribution in [0.25, 0.3) is 0 Å². The molecule has 2 aliphatic carbocycles. The molecule has 2 aliphatic rings. The van der Waals surface area contributed by atoms with Crippen molar-refractivity contribution in [3.05, 3.63) is 34.9 Å². The van der Waals surface area contributed by atoms with Crippen LogP contribution in [-0.2, 0) is 16.6 Å². The highest BCUT2D eigenvalue weighted by molar-refractivity contribution is 5.80. The number of nitriles is 1. The van der Waals surface area contributed by atoms with Crippen LogP contribution in [0.4, 0.5) is 0 Å². The first-order chi connectivity index (χ1) is 9.19. The standard InChI is InChI=1S/C17H19NO/c1-2-17-8-7-15(19)10-14(17)5-4-13-9-12(11-18)3-6-16(13)17/h3,6,9,14H,2,4-5,7-8,10H2,1H3/t14-,17-/m1/s1. The summed E-state index contributed by atoms with van der Waals surface area (Å²) in [5.74, 6) is 0.949. The molecule has 0 unspecified atom stereocenters. The van der Waals surface area contributed by atoms with Gasteiger partial charge in [-0.25, -0.2) is 0 Å². The van der Waals surface area contributed by atoms with Crippen molar-refractivity contribution in [3.63, 3.8) is 0 Å². The number of hydrogen-bond acceptors (Lipinski definition) is 2. The molecule has 1 aromatic carbocycles. The molecule has 98 valence electrons. The molecule has 0 bridgehead atoms. The molecule has 2 atom stereocenters. The summed E-state index contributed by atoms with van der Waals surface area (Å²) in [6.07, 6.45) is 5.69. The quantitative estimate of drug-likeness (QED) is 0.768. The SMILES string of the molecule is CC[C@@]12CCC(=O)C[C@H]1CCc1cc(C#N)ccc12. The number of nitrogens with zero attached hydrogens (tertiary/aromatic N) is 1. The number of carbonyl (C=O) groups excluding carboxylic acids is 1. The van der Waals surface area contributed by atoms with Crippen LogP contribution in [-0.4, -0.2) is 5.78 Å². The van der Waals surface area contributed by atoms with Gasteiger partial charge in [0, 0.05) is 12.8 Å². The Bertz CT molecular complexity index is 569. The van der Waals surface area contributed by atoms with E-state index in [1.54, 1.807) is 0 Å². The van der Waals surface area contributed by atoms with Crippen molar-refractivity contribution in [2.24, 2.45) is 5.92 Å². The molecule has 0 amide bonds. The number of hydrogen-bond donors (Lipinski definition) is 0. The van der Waals surface area contributed by atoms with Crippen LogP contribution in [0.5, 0.6) is 0 Å². The largest absolute Gasteiger partial charge is 0.300 e. The summed E-state index contributed by atoms with van der Waals surface area (Å²) >= 11 is 0. The van der Waals surface area contributed by atoms with Crippen molar-refractivity contribution in [2.75, 3.05) is 0 Å². The molecule has 1 fully saturated rings. The third-order valence-electron chi connectivity index (χ3n) is 5.27. The predicted molar refractivity (Wildman–Crippen MR) is 73.8 cm³/mol. The van der Waals surface area contributed by atoms with E-state index in [2.05, 4.69) is 25.1 Å². The topological polar surface area (TPSA) is 40.9 Å². The molecular weight excluding hydrogens is 234 g/mol. The zero-order valence-electron chi connectivity index (χ0n) is 11.4. The zero-order valence-corrected chi connectivity index (χ0v) is 11.4. The summed E-state index contributed by atoms with van der Waals surface area (Å²) in [4.78, 5) is 11.7. The molecule has 0 N–H and O–H groups in total. The van der Waals surface area contributed by atoms with Gasteiger partial charge in [-0.05, 0) is 60.3 Å². The first-order valence-electron chi connectivity index (χ1n) is 7.25. The van der Waals surface area contributed by atoms with Crippen molar-refractivity contribution < 1.29 is 4.79 Å². The summed E-state index contributed by atoms with van der Waals surface area (Å²) in [6, 6.07) is 8.38. The molecule has 2 heteroatoms. The summed E-state index contributed by atoms with van der Waals surface area (Å²) < 4.78 is 0. The number of Topliss-reactive ketones (excluding diaryl/α,β-unsaturated/α-hetero) is 1. The van der Waals surface area contributed by atoms with Crippen LogP contribution in [0.1, 0.15) is 55.7 Å². The van der Waals surface area contributed by atoms with Crippen LogP contribution in [0.2, 0.25) is 0 Å². The second kappa shape index (κ2) is 4.49. The molecule has 19 heavy (non-hydrogen) atoms. The van der Waals surface area contributed by atoms with Gasteiger partial charge in [-0.3, -0.25) is 4.79 Å². The lowest BCUT2D eigenvalue weighted by molar-refractivity contribution is -0.123. The summed E-state index contributed by atoms with van der Waals surface area (Å²) in [6.45, 7) is 2.25. The van der Waals surface area contributed by atoms with E-state index in [0.717, 1.165) is 44.1 Å². The molecular formula is C17H19NO. The lowest BCUT2D eigenvalue weighted by Gasteiger charge is -2.48. The van der Waals surface area contributed by atoms with Gasteiger partial charge in [0.05, 0.1) is 11.6 Å². The third-order valence-corrected chi connectivity index (χ3v) is 5.27. The monoisotopic (exact) mass is 253 g/mol. The lowest BCUT2D eigenvalue weighted by atomic mass is 9.56. The average Bonchev–Trinajstić information content (AvgIpc) is 2.46. The Balaban J connectivity index is 2.10. The van der Waals surface area contributed by atoms with Gasteiger partial charge in [-0.15, -0.1) is 0 Å². The molecule has 0 radical (unpaired) electrons. The van der Waals surface area contributed by atoms with Gasteiger partial charge in [0.15, 0.2) is 0 Å². The molecule has 0 aromatic heterocycles. The molecule has 0 aliphatic heterocycles. The van der Waals surface area contributed by atoms with E-state index in [1.165, 1.54) is 11.1 Å². The molecule has 0 heterocycles. The van der Waals surface area contributed by atoms with E-state index in [4.69, 9.17) is 5.26 Å². The van der Waals surface area contributed by atoms with Gasteiger partial charge >= 0.3 is 0 Å². The minimum Gasteiger partial charge on any atom is -0.300 e. The van der Waals surface area contributed by atoms with Gasteiger partial charge in [-0.2, -0.15) is 5.26 Å². The maximum absolute atomic E-state index is 11.7. The third kappa shape index (κ3) is 1.80. The fourth-order valence-electron chi connectivity index (χ4n) is 4.21. The zero-order chi connectivity index (χ0) is 13.5. The smallest absolute Gasteiger partial charge is 0.133 e. The van der Waals surface area contributed by atoms with Crippen LogP contribution in [0.3, 0.4) is 0 Å². The van der Waals surface area contributed by atoms with Crippen molar-refractivity contribution in [1.29, 1.82) is 5.26 Å². The second-order valence-corrected chi connectivity index (χ2v) is 5.97. The highest BCUT2D eigenvalue weighted by atomic mass is 16.1. The molecule has 0 spiro atoms. The first-order valence-corrected chi connectivity index (χ1v) is 7.25. The van der Waals surface area contributed by atoms with Crippen molar-refractivity contribution in [3.8, 4) is 6.07 Å². The minimum absolute atomic E-state index is 0.190. The Morgan fingerprint density at radius 3 is 3.00 bits per heavy atom. The van der Waals surface area contributed by atoms with Gasteiger partial charge in [0.2, 0.25) is 0 Å². The molecule has 0 saturated heterocycles. The number of rotatable bonds is 1. The fourth-order valence-corrected chi connectivity index (χ4v) is 4.21. The average molecular weight is 253 g/mol. The van der Waals surface area contributed by atoms with E-state index in [1.807, 2.05) is 6.07 Å². The van der Waals surface area contributed by atoms with Crippen LogP contribution in [0.15, 0.2) is 18.2 Å². The highest BCUT2D eigenvalue weighted by Gasteiger charge is 2.45. The number of ketones is 1. The van der Waals surface area contributed by atoms with E-state index in [0.29, 0.717) is 11.7 Å². The van der Waals surface area contributed by atoms with Gasteiger partial charge in [0.1, 0.15) is 5.78 Å². The highest BCUT2D eigenvalue weighted by Crippen LogP contribution is 2.51. The number of fused-ring (bicyclic) bond motifs is 3. The maximum Gasteiger partial charge on any atom is 0.133 e. The predicted octanol–water partition coefficient (Wildman–Crippen LogP) is 3.52. The van der Waals surface area contributed by atoms with Gasteiger partial charge < -0.3 is 0 Å². The second-order valence-electron chi connectivity index (χ2n) is 5.97. The lowest BCUT2D eigenvalue weighted by Crippen LogP contribution is -2.43. The van der Waals surface area contributed by atoms with Crippen LogP contribution >= 0.6 is 0 Å². The number of aryl methyl sites for hydroxylation is 1. The Labute approximate surface area is 114 Å². The summed E-state index contributed by atoms with van der Waals surface area (Å²) in [7, 11) is 0. The normalized spacial score (nSPS) is 29.3. The summed E-state index contributed by atoms with van der Waals surface area (Å²) in [5.41, 5.74) is 3.70. The van der Waals surface area contributed by atoms with E-state index >= 15 is 0 Å². The van der Waals surface area contributed by atoms with Crippen molar-refractivity contribution in [1.82, 2.24) is 0 Å². The van der Waals surface area contributed by atoms with E-state index in [-0.39, 0.29) is 5.41 Å². The van der Waals surface area contributed by atoms with Crippen LogP contribution < -0.4 is 0 Å². The molecule has 1 saturated carbocycles. The Kier molecular flexibility index (Phi) is 2.93. The van der Waals surface area contributed by atoms with Gasteiger partial charge in [0.25, 0.3) is 0 Å². The Morgan fingerprint density at radius 1 is 1.42 bits per heavy atom. The minimum atomic E-state index is 0.190. The Hall–Kier alpha value is -1.62. The van der Waals surface area contributed by atoms with E-state index < -0.39 is 0 Å². The first kappa shape index (κ1) is 12.4. The number of benzene rings is 1. The maximum atomic E-state index is 11.7. The molecule has 2 nitrogen and oxygen atoms in total. The van der Waals surface area contributed by atoms with Crippen molar-refractivity contribution in [2.45, 2.75) is 50.9 Å². The Morgan fingerprint density at radius 2 is 2.26 bits per heavy atom. The van der Waals surface area contributed by atoms with Gasteiger partial charge in [-0.1, -0.05) is 13.0 Å². The van der Waals surface area contributed by atoms with E-state index in [9.17, 15) is 4.79 Å². The molecule has 3 rings (SSSR count). The van der Waals surface area contributed by atoms with Crippen LogP contribution in [0, 0.1) is 17.2 Å². The molecule has 1 aromatic rings.